The Hall–Kier alpha value is -1.59. The van der Waals surface area contributed by atoms with E-state index in [9.17, 15) is 0 Å². The molecular formula is C14H25N5O. The summed E-state index contributed by atoms with van der Waals surface area (Å²) < 4.78 is 5.07. The molecule has 0 radical (unpaired) electrons. The molecule has 2 rings (SSSR count). The highest BCUT2D eigenvalue weighted by molar-refractivity contribution is 5.79. The van der Waals surface area contributed by atoms with Crippen LogP contribution in [0.4, 0.5) is 0 Å². The minimum atomic E-state index is 0.412. The van der Waals surface area contributed by atoms with Crippen LogP contribution in [-0.2, 0) is 6.54 Å². The Morgan fingerprint density at radius 3 is 2.65 bits per heavy atom. The molecule has 1 aliphatic rings. The zero-order chi connectivity index (χ0) is 14.4. The van der Waals surface area contributed by atoms with Gasteiger partial charge in [0.05, 0.1) is 0 Å². The first-order chi connectivity index (χ1) is 9.67. The number of rotatable bonds is 6. The third-order valence-electron chi connectivity index (χ3n) is 4.08. The Morgan fingerprint density at radius 1 is 1.35 bits per heavy atom. The summed E-state index contributed by atoms with van der Waals surface area (Å²) >= 11 is 0. The summed E-state index contributed by atoms with van der Waals surface area (Å²) in [4.78, 5) is 8.65. The van der Waals surface area contributed by atoms with E-state index in [1.807, 2.05) is 6.92 Å². The first-order valence-corrected chi connectivity index (χ1v) is 7.49. The van der Waals surface area contributed by atoms with Crippen molar-refractivity contribution in [1.29, 1.82) is 0 Å². The molecule has 0 bridgehead atoms. The fourth-order valence-corrected chi connectivity index (χ4v) is 2.50. The summed E-state index contributed by atoms with van der Waals surface area (Å²) in [6, 6.07) is 0. The summed E-state index contributed by atoms with van der Waals surface area (Å²) in [5, 5.41) is 10.5. The molecule has 0 unspecified atom stereocenters. The molecule has 1 aromatic heterocycles. The van der Waals surface area contributed by atoms with Crippen LogP contribution >= 0.6 is 0 Å². The zero-order valence-electron chi connectivity index (χ0n) is 12.7. The second-order valence-electron chi connectivity index (χ2n) is 5.49. The molecule has 6 heteroatoms. The predicted octanol–water partition coefficient (Wildman–Crippen LogP) is 2.01. The van der Waals surface area contributed by atoms with Gasteiger partial charge in [-0.25, -0.2) is 4.99 Å². The van der Waals surface area contributed by atoms with Crippen LogP contribution in [0.15, 0.2) is 9.52 Å². The van der Waals surface area contributed by atoms with Gasteiger partial charge in [0.25, 0.3) is 0 Å². The maximum atomic E-state index is 5.07. The van der Waals surface area contributed by atoms with Gasteiger partial charge in [0.2, 0.25) is 5.89 Å². The van der Waals surface area contributed by atoms with Gasteiger partial charge < -0.3 is 15.2 Å². The summed E-state index contributed by atoms with van der Waals surface area (Å²) in [6.45, 7) is 8.38. The van der Waals surface area contributed by atoms with E-state index >= 15 is 0 Å². The van der Waals surface area contributed by atoms with Crippen molar-refractivity contribution in [2.24, 2.45) is 10.4 Å². The highest BCUT2D eigenvalue weighted by Gasteiger charge is 2.34. The highest BCUT2D eigenvalue weighted by atomic mass is 16.5. The lowest BCUT2D eigenvalue weighted by Gasteiger charge is -2.41. The Bertz CT molecular complexity index is 445. The molecule has 0 atom stereocenters. The molecule has 1 fully saturated rings. The quantitative estimate of drug-likeness (QED) is 0.615. The highest BCUT2D eigenvalue weighted by Crippen LogP contribution is 2.42. The van der Waals surface area contributed by atoms with E-state index in [0.29, 0.717) is 23.7 Å². The van der Waals surface area contributed by atoms with Crippen molar-refractivity contribution < 1.29 is 4.52 Å². The lowest BCUT2D eigenvalue weighted by molar-refractivity contribution is 0.131. The fraction of sp³-hybridized carbons (Fsp3) is 0.786. The SMILES string of the molecule is CCNC(=NCc1nc(C)no1)NCC1(CC)CCC1. The number of aliphatic imine (C=N–C) groups is 1. The molecule has 1 saturated carbocycles. The van der Waals surface area contributed by atoms with Crippen LogP contribution in [0.5, 0.6) is 0 Å². The summed E-state index contributed by atoms with van der Waals surface area (Å²) in [5.74, 6) is 2.02. The van der Waals surface area contributed by atoms with Crippen molar-refractivity contribution in [2.45, 2.75) is 53.0 Å². The van der Waals surface area contributed by atoms with Crippen molar-refractivity contribution in [3.63, 3.8) is 0 Å². The van der Waals surface area contributed by atoms with Gasteiger partial charge in [0.15, 0.2) is 11.8 Å². The number of aryl methyl sites for hydroxylation is 1. The monoisotopic (exact) mass is 279 g/mol. The van der Waals surface area contributed by atoms with Gasteiger partial charge in [-0.1, -0.05) is 18.5 Å². The number of nitrogens with one attached hydrogen (secondary N) is 2. The van der Waals surface area contributed by atoms with Crippen LogP contribution in [-0.4, -0.2) is 29.2 Å². The maximum Gasteiger partial charge on any atom is 0.248 e. The van der Waals surface area contributed by atoms with Crippen LogP contribution in [0, 0.1) is 12.3 Å². The molecule has 0 saturated heterocycles. The molecule has 0 aromatic carbocycles. The molecule has 1 aromatic rings. The zero-order valence-corrected chi connectivity index (χ0v) is 12.7. The van der Waals surface area contributed by atoms with Gasteiger partial charge in [0, 0.05) is 13.1 Å². The Kier molecular flexibility index (Phi) is 4.98. The Morgan fingerprint density at radius 2 is 2.15 bits per heavy atom. The number of guanidine groups is 1. The average Bonchev–Trinajstić information content (AvgIpc) is 2.81. The lowest BCUT2D eigenvalue weighted by Crippen LogP contribution is -2.46. The Balaban J connectivity index is 1.88. The molecular weight excluding hydrogens is 254 g/mol. The number of hydrogen-bond donors (Lipinski definition) is 2. The van der Waals surface area contributed by atoms with E-state index in [1.165, 1.54) is 25.7 Å². The van der Waals surface area contributed by atoms with Crippen molar-refractivity contribution in [1.82, 2.24) is 20.8 Å². The van der Waals surface area contributed by atoms with Gasteiger partial charge in [-0.2, -0.15) is 4.98 Å². The maximum absolute atomic E-state index is 5.07. The van der Waals surface area contributed by atoms with E-state index < -0.39 is 0 Å². The van der Waals surface area contributed by atoms with Crippen LogP contribution in [0.25, 0.3) is 0 Å². The standard InChI is InChI=1S/C14H25N5O/c1-4-14(7-6-8-14)10-17-13(15-5-2)16-9-12-18-11(3)19-20-12/h4-10H2,1-3H3,(H2,15,16,17). The molecule has 112 valence electrons. The van der Waals surface area contributed by atoms with Gasteiger partial charge in [-0.15, -0.1) is 0 Å². The third-order valence-corrected chi connectivity index (χ3v) is 4.08. The first-order valence-electron chi connectivity index (χ1n) is 7.49. The number of hydrogen-bond acceptors (Lipinski definition) is 4. The molecule has 1 heterocycles. The molecule has 20 heavy (non-hydrogen) atoms. The Labute approximate surface area is 120 Å². The van der Waals surface area contributed by atoms with Gasteiger partial charge >= 0.3 is 0 Å². The van der Waals surface area contributed by atoms with E-state index in [1.54, 1.807) is 0 Å². The van der Waals surface area contributed by atoms with Crippen molar-refractivity contribution >= 4 is 5.96 Å². The van der Waals surface area contributed by atoms with Crippen LogP contribution in [0.1, 0.15) is 51.2 Å². The summed E-state index contributed by atoms with van der Waals surface area (Å²) in [5.41, 5.74) is 0.470. The topological polar surface area (TPSA) is 75.3 Å². The summed E-state index contributed by atoms with van der Waals surface area (Å²) in [6.07, 6.45) is 5.21. The normalized spacial score (nSPS) is 17.6. The van der Waals surface area contributed by atoms with Crippen LogP contribution < -0.4 is 10.6 Å². The van der Waals surface area contributed by atoms with Crippen molar-refractivity contribution in [3.8, 4) is 0 Å². The second-order valence-corrected chi connectivity index (χ2v) is 5.49. The largest absolute Gasteiger partial charge is 0.357 e. The third kappa shape index (κ3) is 3.71. The summed E-state index contributed by atoms with van der Waals surface area (Å²) in [7, 11) is 0. The number of nitrogens with zero attached hydrogens (tertiary/aromatic N) is 3. The van der Waals surface area contributed by atoms with Crippen molar-refractivity contribution in [3.05, 3.63) is 11.7 Å². The predicted molar refractivity (Wildman–Crippen MR) is 78.4 cm³/mol. The smallest absolute Gasteiger partial charge is 0.248 e. The van der Waals surface area contributed by atoms with Crippen LogP contribution in [0.3, 0.4) is 0 Å². The molecule has 6 nitrogen and oxygen atoms in total. The second kappa shape index (κ2) is 6.72. The molecule has 2 N–H and O–H groups in total. The van der Waals surface area contributed by atoms with Gasteiger partial charge in [-0.3, -0.25) is 0 Å². The minimum absolute atomic E-state index is 0.412. The minimum Gasteiger partial charge on any atom is -0.357 e. The van der Waals surface area contributed by atoms with E-state index in [2.05, 4.69) is 39.6 Å². The molecule has 0 aliphatic heterocycles. The van der Waals surface area contributed by atoms with Gasteiger partial charge in [-0.05, 0) is 38.5 Å². The van der Waals surface area contributed by atoms with Crippen molar-refractivity contribution in [2.75, 3.05) is 13.1 Å². The van der Waals surface area contributed by atoms with E-state index in [4.69, 9.17) is 4.52 Å². The van der Waals surface area contributed by atoms with Crippen LogP contribution in [0.2, 0.25) is 0 Å². The van der Waals surface area contributed by atoms with E-state index in [-0.39, 0.29) is 0 Å². The molecule has 0 amide bonds. The molecule has 1 aliphatic carbocycles. The average molecular weight is 279 g/mol. The number of aromatic nitrogens is 2. The lowest BCUT2D eigenvalue weighted by atomic mass is 9.67. The van der Waals surface area contributed by atoms with Gasteiger partial charge in [0.1, 0.15) is 6.54 Å². The molecule has 0 spiro atoms. The fourth-order valence-electron chi connectivity index (χ4n) is 2.50. The van der Waals surface area contributed by atoms with E-state index in [0.717, 1.165) is 19.0 Å². The first kappa shape index (κ1) is 14.8.